The molecule has 0 fully saturated rings. The molecule has 1 N–H and O–H groups in total. The van der Waals surface area contributed by atoms with Gasteiger partial charge in [0.15, 0.2) is 0 Å². The molecule has 0 bridgehead atoms. The third-order valence-electron chi connectivity index (χ3n) is 2.49. The average Bonchev–Trinajstić information content (AvgIpc) is 2.47. The van der Waals surface area contributed by atoms with Gasteiger partial charge in [-0.05, 0) is 25.1 Å². The summed E-state index contributed by atoms with van der Waals surface area (Å²) in [5.41, 5.74) is 2.24. The third kappa shape index (κ3) is 3.42. The van der Waals surface area contributed by atoms with Gasteiger partial charge in [0.05, 0.1) is 18.5 Å². The molecule has 0 spiro atoms. The zero-order valence-corrected chi connectivity index (χ0v) is 10.6. The van der Waals surface area contributed by atoms with Crippen molar-refractivity contribution >= 4 is 5.69 Å². The highest BCUT2D eigenvalue weighted by Gasteiger charge is 2.03. The quantitative estimate of drug-likeness (QED) is 0.886. The molecule has 0 atom stereocenters. The Morgan fingerprint density at radius 1 is 1.32 bits per heavy atom. The van der Waals surface area contributed by atoms with Gasteiger partial charge in [-0.15, -0.1) is 0 Å². The molecule has 0 unspecified atom stereocenters. The molecule has 0 saturated heterocycles. The van der Waals surface area contributed by atoms with Crippen molar-refractivity contribution < 1.29 is 4.74 Å². The van der Waals surface area contributed by atoms with Gasteiger partial charge in [0.2, 0.25) is 5.88 Å². The summed E-state index contributed by atoms with van der Waals surface area (Å²) in [7, 11) is 0. The standard InChI is InChI=1S/C14H14N4O/c1-2-19-14-11(4-3-7-16-14)9-17-13-6-5-12(8-15)18-10-13/h3-7,10,17H,2,9H2,1H3. The molecule has 2 heterocycles. The Balaban J connectivity index is 2.03. The fourth-order valence-electron chi connectivity index (χ4n) is 1.59. The van der Waals surface area contributed by atoms with Crippen molar-refractivity contribution in [2.45, 2.75) is 13.5 Å². The summed E-state index contributed by atoms with van der Waals surface area (Å²) in [6.45, 7) is 3.11. The highest BCUT2D eigenvalue weighted by atomic mass is 16.5. The van der Waals surface area contributed by atoms with Crippen LogP contribution in [0.15, 0.2) is 36.7 Å². The number of aromatic nitrogens is 2. The van der Waals surface area contributed by atoms with E-state index in [9.17, 15) is 0 Å². The summed E-state index contributed by atoms with van der Waals surface area (Å²) >= 11 is 0. The second-order valence-electron chi connectivity index (χ2n) is 3.80. The molecule has 0 amide bonds. The summed E-state index contributed by atoms with van der Waals surface area (Å²) in [5.74, 6) is 0.638. The van der Waals surface area contributed by atoms with Crippen molar-refractivity contribution in [1.29, 1.82) is 5.26 Å². The maximum atomic E-state index is 8.67. The number of nitriles is 1. The first kappa shape index (κ1) is 12.8. The second kappa shape index (κ2) is 6.36. The lowest BCUT2D eigenvalue weighted by Crippen LogP contribution is -2.04. The number of hydrogen-bond donors (Lipinski definition) is 1. The van der Waals surface area contributed by atoms with E-state index in [1.54, 1.807) is 18.5 Å². The summed E-state index contributed by atoms with van der Waals surface area (Å²) in [5, 5.41) is 11.9. The van der Waals surface area contributed by atoms with E-state index in [0.29, 0.717) is 24.7 Å². The monoisotopic (exact) mass is 254 g/mol. The summed E-state index contributed by atoms with van der Waals surface area (Å²) in [4.78, 5) is 8.18. The molecule has 0 aliphatic heterocycles. The first-order chi connectivity index (χ1) is 9.33. The van der Waals surface area contributed by atoms with Crippen LogP contribution in [0, 0.1) is 11.3 Å². The normalized spacial score (nSPS) is 9.68. The van der Waals surface area contributed by atoms with Gasteiger partial charge in [-0.1, -0.05) is 6.07 Å². The molecule has 0 saturated carbocycles. The van der Waals surface area contributed by atoms with E-state index in [-0.39, 0.29) is 0 Å². The van der Waals surface area contributed by atoms with Crippen LogP contribution in [-0.2, 0) is 6.54 Å². The van der Waals surface area contributed by atoms with E-state index >= 15 is 0 Å². The maximum absolute atomic E-state index is 8.67. The van der Waals surface area contributed by atoms with Gasteiger partial charge in [0.25, 0.3) is 0 Å². The Labute approximate surface area is 111 Å². The predicted molar refractivity (Wildman–Crippen MR) is 71.7 cm³/mol. The Bertz CT molecular complexity index is 575. The van der Waals surface area contributed by atoms with E-state index in [1.165, 1.54) is 0 Å². The van der Waals surface area contributed by atoms with Crippen LogP contribution < -0.4 is 10.1 Å². The zero-order chi connectivity index (χ0) is 13.5. The van der Waals surface area contributed by atoms with Crippen molar-refractivity contribution in [3.63, 3.8) is 0 Å². The minimum absolute atomic E-state index is 0.405. The molecule has 2 rings (SSSR count). The van der Waals surface area contributed by atoms with Crippen molar-refractivity contribution in [2.75, 3.05) is 11.9 Å². The van der Waals surface area contributed by atoms with Crippen molar-refractivity contribution in [2.24, 2.45) is 0 Å². The zero-order valence-electron chi connectivity index (χ0n) is 10.6. The lowest BCUT2D eigenvalue weighted by atomic mass is 10.2. The van der Waals surface area contributed by atoms with Crippen LogP contribution in [0.5, 0.6) is 5.88 Å². The molecule has 2 aromatic heterocycles. The van der Waals surface area contributed by atoms with Gasteiger partial charge < -0.3 is 10.1 Å². The lowest BCUT2D eigenvalue weighted by molar-refractivity contribution is 0.323. The number of rotatable bonds is 5. The van der Waals surface area contributed by atoms with Gasteiger partial charge in [-0.3, -0.25) is 0 Å². The van der Waals surface area contributed by atoms with Crippen LogP contribution in [0.3, 0.4) is 0 Å². The van der Waals surface area contributed by atoms with E-state index in [0.717, 1.165) is 11.3 Å². The highest BCUT2D eigenvalue weighted by molar-refractivity contribution is 5.44. The number of nitrogens with one attached hydrogen (secondary N) is 1. The smallest absolute Gasteiger partial charge is 0.218 e. The lowest BCUT2D eigenvalue weighted by Gasteiger charge is -2.10. The van der Waals surface area contributed by atoms with Crippen LogP contribution in [0.25, 0.3) is 0 Å². The molecule has 0 aliphatic carbocycles. The van der Waals surface area contributed by atoms with Crippen LogP contribution in [0.1, 0.15) is 18.2 Å². The molecule has 2 aromatic rings. The first-order valence-corrected chi connectivity index (χ1v) is 6.00. The first-order valence-electron chi connectivity index (χ1n) is 6.00. The second-order valence-corrected chi connectivity index (χ2v) is 3.80. The number of pyridine rings is 2. The van der Waals surface area contributed by atoms with Gasteiger partial charge in [0.1, 0.15) is 11.8 Å². The highest BCUT2D eigenvalue weighted by Crippen LogP contribution is 2.16. The number of nitrogens with zero attached hydrogens (tertiary/aromatic N) is 3. The van der Waals surface area contributed by atoms with Gasteiger partial charge in [-0.2, -0.15) is 5.26 Å². The van der Waals surface area contributed by atoms with Crippen molar-refractivity contribution in [1.82, 2.24) is 9.97 Å². The van der Waals surface area contributed by atoms with Crippen LogP contribution >= 0.6 is 0 Å². The molecule has 5 heteroatoms. The summed E-state index contributed by atoms with van der Waals surface area (Å²) in [6.07, 6.45) is 3.34. The topological polar surface area (TPSA) is 70.8 Å². The minimum Gasteiger partial charge on any atom is -0.478 e. The molecule has 0 aliphatic rings. The minimum atomic E-state index is 0.405. The van der Waals surface area contributed by atoms with E-state index in [1.807, 2.05) is 31.2 Å². The van der Waals surface area contributed by atoms with E-state index < -0.39 is 0 Å². The van der Waals surface area contributed by atoms with Crippen molar-refractivity contribution in [3.8, 4) is 11.9 Å². The Morgan fingerprint density at radius 3 is 2.89 bits per heavy atom. The molecule has 5 nitrogen and oxygen atoms in total. The molecule has 0 aromatic carbocycles. The number of hydrogen-bond acceptors (Lipinski definition) is 5. The number of anilines is 1. The fraction of sp³-hybridized carbons (Fsp3) is 0.214. The fourth-order valence-corrected chi connectivity index (χ4v) is 1.59. The van der Waals surface area contributed by atoms with Crippen molar-refractivity contribution in [3.05, 3.63) is 47.9 Å². The van der Waals surface area contributed by atoms with Crippen LogP contribution in [0.4, 0.5) is 5.69 Å². The van der Waals surface area contributed by atoms with E-state index in [2.05, 4.69) is 15.3 Å². The van der Waals surface area contributed by atoms with Crippen LogP contribution in [-0.4, -0.2) is 16.6 Å². The van der Waals surface area contributed by atoms with Gasteiger partial charge >= 0.3 is 0 Å². The molecular weight excluding hydrogens is 240 g/mol. The Kier molecular flexibility index (Phi) is 4.29. The molecule has 19 heavy (non-hydrogen) atoms. The van der Waals surface area contributed by atoms with Crippen LogP contribution in [0.2, 0.25) is 0 Å². The van der Waals surface area contributed by atoms with Gasteiger partial charge in [0, 0.05) is 18.3 Å². The SMILES string of the molecule is CCOc1ncccc1CNc1ccc(C#N)nc1. The molecular formula is C14H14N4O. The van der Waals surface area contributed by atoms with E-state index in [4.69, 9.17) is 10.00 Å². The maximum Gasteiger partial charge on any atom is 0.218 e. The largest absolute Gasteiger partial charge is 0.478 e. The Hall–Kier alpha value is -2.61. The van der Waals surface area contributed by atoms with Gasteiger partial charge in [-0.25, -0.2) is 9.97 Å². The number of ether oxygens (including phenoxy) is 1. The average molecular weight is 254 g/mol. The molecule has 0 radical (unpaired) electrons. The summed E-state index contributed by atoms with van der Waals surface area (Å²) in [6, 6.07) is 9.31. The predicted octanol–water partition coefficient (Wildman–Crippen LogP) is 2.36. The molecule has 96 valence electrons. The Morgan fingerprint density at radius 2 is 2.21 bits per heavy atom. The summed E-state index contributed by atoms with van der Waals surface area (Å²) < 4.78 is 5.45. The third-order valence-corrected chi connectivity index (χ3v) is 2.49.